The molecule has 2 aromatic carbocycles. The monoisotopic (exact) mass is 271 g/mol. The maximum atomic E-state index is 3.58. The van der Waals surface area contributed by atoms with Gasteiger partial charge in [-0.1, -0.05) is 46.3 Å². The van der Waals surface area contributed by atoms with Crippen molar-refractivity contribution >= 4 is 26.8 Å². The summed E-state index contributed by atoms with van der Waals surface area (Å²) in [5.41, 5.74) is 3.62. The summed E-state index contributed by atoms with van der Waals surface area (Å²) in [6.07, 6.45) is 1.97. The van der Waals surface area contributed by atoms with Gasteiger partial charge in [0.15, 0.2) is 0 Å². The molecule has 3 rings (SSSR count). The first-order valence-electron chi connectivity index (χ1n) is 5.17. The molecule has 2 heteroatoms. The second-order valence-corrected chi connectivity index (χ2v) is 4.61. The Bertz CT molecular complexity index is 640. The molecule has 0 saturated carbocycles. The second kappa shape index (κ2) is 3.80. The van der Waals surface area contributed by atoms with Gasteiger partial charge in [-0.25, -0.2) is 0 Å². The molecule has 0 amide bonds. The lowest BCUT2D eigenvalue weighted by atomic mass is 10.0. The molecule has 1 aromatic heterocycles. The molecule has 1 heterocycles. The lowest BCUT2D eigenvalue weighted by molar-refractivity contribution is 1.47. The Labute approximate surface area is 102 Å². The van der Waals surface area contributed by atoms with E-state index in [0.29, 0.717) is 0 Å². The molecule has 3 aromatic rings. The van der Waals surface area contributed by atoms with Crippen molar-refractivity contribution in [1.82, 2.24) is 4.98 Å². The van der Waals surface area contributed by atoms with Crippen LogP contribution in [0.4, 0.5) is 0 Å². The van der Waals surface area contributed by atoms with Crippen molar-refractivity contribution in [2.45, 2.75) is 0 Å². The van der Waals surface area contributed by atoms with E-state index in [2.05, 4.69) is 63.4 Å². The molecule has 0 atom stereocenters. The highest BCUT2D eigenvalue weighted by atomic mass is 79.9. The van der Waals surface area contributed by atoms with E-state index in [4.69, 9.17) is 0 Å². The van der Waals surface area contributed by atoms with Gasteiger partial charge in [0.1, 0.15) is 0 Å². The van der Waals surface area contributed by atoms with Crippen LogP contribution in [0.25, 0.3) is 22.0 Å². The number of hydrogen-bond donors (Lipinski definition) is 1. The number of aromatic amines is 1. The number of aromatic nitrogens is 1. The molecule has 0 saturated heterocycles. The topological polar surface area (TPSA) is 15.8 Å². The molecule has 0 bridgehead atoms. The average molecular weight is 272 g/mol. The molecule has 78 valence electrons. The standard InChI is InChI=1S/C14H10BrN/c15-13-4-2-1-3-12(13)11-6-5-10-7-8-16-14(10)9-11/h1-9,16H. The zero-order valence-electron chi connectivity index (χ0n) is 8.57. The Balaban J connectivity index is 2.22. The SMILES string of the molecule is Brc1ccccc1-c1ccc2cc[nH]c2c1. The molecule has 0 unspecified atom stereocenters. The number of halogens is 1. The van der Waals surface area contributed by atoms with Crippen LogP contribution in [-0.4, -0.2) is 4.98 Å². The Morgan fingerprint density at radius 2 is 1.81 bits per heavy atom. The first-order valence-corrected chi connectivity index (χ1v) is 5.96. The van der Waals surface area contributed by atoms with Crippen LogP contribution in [0.5, 0.6) is 0 Å². The van der Waals surface area contributed by atoms with Crippen LogP contribution in [0.15, 0.2) is 59.2 Å². The number of fused-ring (bicyclic) bond motifs is 1. The fraction of sp³-hybridized carbons (Fsp3) is 0. The highest BCUT2D eigenvalue weighted by Gasteiger charge is 2.03. The van der Waals surface area contributed by atoms with Gasteiger partial charge in [0.05, 0.1) is 0 Å². The van der Waals surface area contributed by atoms with Crippen molar-refractivity contribution in [3.63, 3.8) is 0 Å². The largest absolute Gasteiger partial charge is 0.361 e. The van der Waals surface area contributed by atoms with Crippen LogP contribution in [0, 0.1) is 0 Å². The zero-order chi connectivity index (χ0) is 11.0. The van der Waals surface area contributed by atoms with Gasteiger partial charge >= 0.3 is 0 Å². The van der Waals surface area contributed by atoms with E-state index < -0.39 is 0 Å². The van der Waals surface area contributed by atoms with Gasteiger partial charge < -0.3 is 4.98 Å². The zero-order valence-corrected chi connectivity index (χ0v) is 10.2. The van der Waals surface area contributed by atoms with Crippen molar-refractivity contribution in [1.29, 1.82) is 0 Å². The van der Waals surface area contributed by atoms with E-state index in [1.165, 1.54) is 22.0 Å². The van der Waals surface area contributed by atoms with Crippen LogP contribution in [0.3, 0.4) is 0 Å². The third kappa shape index (κ3) is 1.55. The van der Waals surface area contributed by atoms with Gasteiger partial charge in [0.25, 0.3) is 0 Å². The van der Waals surface area contributed by atoms with Crippen LogP contribution < -0.4 is 0 Å². The van der Waals surface area contributed by atoms with Gasteiger partial charge in [-0.15, -0.1) is 0 Å². The minimum absolute atomic E-state index is 1.13. The highest BCUT2D eigenvalue weighted by molar-refractivity contribution is 9.10. The summed E-state index contributed by atoms with van der Waals surface area (Å²) in [5, 5.41) is 1.25. The summed E-state index contributed by atoms with van der Waals surface area (Å²) in [7, 11) is 0. The van der Waals surface area contributed by atoms with Crippen molar-refractivity contribution < 1.29 is 0 Å². The van der Waals surface area contributed by atoms with Gasteiger partial charge in [-0.3, -0.25) is 0 Å². The summed E-state index contributed by atoms with van der Waals surface area (Å²) >= 11 is 3.58. The Kier molecular flexibility index (Phi) is 2.29. The fourth-order valence-electron chi connectivity index (χ4n) is 1.91. The van der Waals surface area contributed by atoms with Crippen LogP contribution in [0.2, 0.25) is 0 Å². The Morgan fingerprint density at radius 3 is 2.69 bits per heavy atom. The Hall–Kier alpha value is -1.54. The molecule has 0 fully saturated rings. The second-order valence-electron chi connectivity index (χ2n) is 3.76. The molecule has 1 nitrogen and oxygen atoms in total. The lowest BCUT2D eigenvalue weighted by Gasteiger charge is -2.04. The van der Waals surface area contributed by atoms with E-state index >= 15 is 0 Å². The van der Waals surface area contributed by atoms with Crippen molar-refractivity contribution in [3.05, 3.63) is 59.2 Å². The van der Waals surface area contributed by atoms with Crippen molar-refractivity contribution in [2.24, 2.45) is 0 Å². The number of benzene rings is 2. The van der Waals surface area contributed by atoms with E-state index in [0.717, 1.165) is 4.47 Å². The van der Waals surface area contributed by atoms with Gasteiger partial charge in [-0.05, 0) is 34.7 Å². The molecule has 1 N–H and O–H groups in total. The molecular formula is C14H10BrN. The van der Waals surface area contributed by atoms with Gasteiger partial charge in [-0.2, -0.15) is 0 Å². The molecule has 0 aliphatic carbocycles. The van der Waals surface area contributed by atoms with E-state index in [9.17, 15) is 0 Å². The number of hydrogen-bond acceptors (Lipinski definition) is 0. The molecule has 16 heavy (non-hydrogen) atoms. The van der Waals surface area contributed by atoms with E-state index in [-0.39, 0.29) is 0 Å². The highest BCUT2D eigenvalue weighted by Crippen LogP contribution is 2.29. The number of H-pyrrole nitrogens is 1. The molecule has 0 spiro atoms. The normalized spacial score (nSPS) is 10.8. The predicted molar refractivity (Wildman–Crippen MR) is 71.4 cm³/mol. The smallest absolute Gasteiger partial charge is 0.0460 e. The first-order chi connectivity index (χ1) is 7.84. The minimum atomic E-state index is 1.13. The summed E-state index contributed by atoms with van der Waals surface area (Å²) in [6.45, 7) is 0. The summed E-state index contributed by atoms with van der Waals surface area (Å²) in [4.78, 5) is 3.23. The summed E-state index contributed by atoms with van der Waals surface area (Å²) < 4.78 is 1.13. The maximum absolute atomic E-state index is 3.58. The quantitative estimate of drug-likeness (QED) is 0.666. The van der Waals surface area contributed by atoms with E-state index in [1.807, 2.05) is 12.3 Å². The van der Waals surface area contributed by atoms with Gasteiger partial charge in [0.2, 0.25) is 0 Å². The number of nitrogens with one attached hydrogen (secondary N) is 1. The van der Waals surface area contributed by atoms with E-state index in [1.54, 1.807) is 0 Å². The molecule has 0 aliphatic heterocycles. The summed E-state index contributed by atoms with van der Waals surface area (Å²) in [5.74, 6) is 0. The maximum Gasteiger partial charge on any atom is 0.0460 e. The lowest BCUT2D eigenvalue weighted by Crippen LogP contribution is -1.79. The van der Waals surface area contributed by atoms with Crippen LogP contribution >= 0.6 is 15.9 Å². The molecule has 0 radical (unpaired) electrons. The fourth-order valence-corrected chi connectivity index (χ4v) is 2.42. The molecular weight excluding hydrogens is 262 g/mol. The summed E-state index contributed by atoms with van der Waals surface area (Å²) in [6, 6.07) is 16.8. The first kappa shape index (κ1) is 9.67. The van der Waals surface area contributed by atoms with Gasteiger partial charge in [0, 0.05) is 16.2 Å². The minimum Gasteiger partial charge on any atom is -0.361 e. The van der Waals surface area contributed by atoms with Crippen molar-refractivity contribution in [3.8, 4) is 11.1 Å². The van der Waals surface area contributed by atoms with Crippen LogP contribution in [-0.2, 0) is 0 Å². The van der Waals surface area contributed by atoms with Crippen molar-refractivity contribution in [2.75, 3.05) is 0 Å². The Morgan fingerprint density at radius 1 is 0.938 bits per heavy atom. The predicted octanol–water partition coefficient (Wildman–Crippen LogP) is 4.60. The third-order valence-corrected chi connectivity index (χ3v) is 3.43. The van der Waals surface area contributed by atoms with Crippen LogP contribution in [0.1, 0.15) is 0 Å². The number of rotatable bonds is 1. The average Bonchev–Trinajstić information content (AvgIpc) is 2.76. The third-order valence-electron chi connectivity index (χ3n) is 2.74. The molecule has 0 aliphatic rings.